The minimum Gasteiger partial charge on any atom is -0.466 e. The van der Waals surface area contributed by atoms with E-state index in [0.29, 0.717) is 25.9 Å². The van der Waals surface area contributed by atoms with Gasteiger partial charge in [0, 0.05) is 12.8 Å². The molecule has 6 heteroatoms. The van der Waals surface area contributed by atoms with E-state index in [2.05, 4.69) is 49.5 Å². The molecule has 6 nitrogen and oxygen atoms in total. The molecule has 0 aromatic heterocycles. The van der Waals surface area contributed by atoms with E-state index < -0.39 is 12.1 Å². The van der Waals surface area contributed by atoms with E-state index in [-0.39, 0.29) is 18.5 Å². The summed E-state index contributed by atoms with van der Waals surface area (Å²) in [5.74, 6) is -0.167. The normalized spacial score (nSPS) is 12.9. The Morgan fingerprint density at radius 1 is 0.384 bits per heavy atom. The molecular formula is C67H125NO5. The third-order valence-corrected chi connectivity index (χ3v) is 14.8. The maximum atomic E-state index is 12.5. The van der Waals surface area contributed by atoms with Crippen LogP contribution < -0.4 is 5.32 Å². The van der Waals surface area contributed by atoms with E-state index in [1.807, 2.05) is 12.2 Å². The van der Waals surface area contributed by atoms with Gasteiger partial charge in [-0.05, 0) is 77.0 Å². The summed E-state index contributed by atoms with van der Waals surface area (Å²) in [5, 5.41) is 23.2. The molecule has 0 aliphatic heterocycles. The quantitative estimate of drug-likeness (QED) is 0.0320. The van der Waals surface area contributed by atoms with E-state index in [1.54, 1.807) is 6.08 Å². The van der Waals surface area contributed by atoms with Crippen molar-refractivity contribution in [3.63, 3.8) is 0 Å². The smallest absolute Gasteiger partial charge is 0.305 e. The van der Waals surface area contributed by atoms with Crippen LogP contribution in [0.2, 0.25) is 0 Å². The zero-order valence-electron chi connectivity index (χ0n) is 48.9. The van der Waals surface area contributed by atoms with Crippen LogP contribution in [-0.4, -0.2) is 47.4 Å². The van der Waals surface area contributed by atoms with E-state index >= 15 is 0 Å². The number of hydrogen-bond acceptors (Lipinski definition) is 5. The summed E-state index contributed by atoms with van der Waals surface area (Å²) in [5.41, 5.74) is 0. The van der Waals surface area contributed by atoms with Crippen molar-refractivity contribution in [2.75, 3.05) is 13.2 Å². The first-order chi connectivity index (χ1) is 36.0. The molecule has 0 saturated heterocycles. The Morgan fingerprint density at radius 3 is 1.08 bits per heavy atom. The van der Waals surface area contributed by atoms with Crippen molar-refractivity contribution in [1.82, 2.24) is 5.32 Å². The first kappa shape index (κ1) is 70.8. The summed E-state index contributed by atoms with van der Waals surface area (Å²) < 4.78 is 5.47. The number of carbonyl (C=O) groups excluding carboxylic acids is 2. The first-order valence-electron chi connectivity index (χ1n) is 32.4. The Balaban J connectivity index is 3.55. The summed E-state index contributed by atoms with van der Waals surface area (Å²) in [7, 11) is 0. The highest BCUT2D eigenvalue weighted by molar-refractivity contribution is 5.76. The lowest BCUT2D eigenvalue weighted by molar-refractivity contribution is -0.143. The van der Waals surface area contributed by atoms with Crippen molar-refractivity contribution in [3.05, 3.63) is 48.6 Å². The van der Waals surface area contributed by atoms with Crippen molar-refractivity contribution in [2.24, 2.45) is 0 Å². The molecule has 0 aromatic rings. The molecule has 0 aliphatic rings. The number of esters is 1. The number of carbonyl (C=O) groups is 2. The number of unbranched alkanes of at least 4 members (excludes halogenated alkanes) is 43. The number of nitrogens with one attached hydrogen (secondary N) is 1. The third-order valence-electron chi connectivity index (χ3n) is 14.8. The van der Waals surface area contributed by atoms with Crippen molar-refractivity contribution in [3.8, 4) is 0 Å². The van der Waals surface area contributed by atoms with Gasteiger partial charge in [0.1, 0.15) is 0 Å². The fourth-order valence-electron chi connectivity index (χ4n) is 9.86. The SMILES string of the molecule is CCCCCCCCC/C=C\CCCCCCCCCC(=O)OCCCCCCCC/C=C\C/C=C\CCC(=O)NC(CO)C(O)/C=C/CCCCCCCCCCCCCCCCCCCCCCCCC. The zero-order valence-corrected chi connectivity index (χ0v) is 48.9. The summed E-state index contributed by atoms with van der Waals surface area (Å²) in [4.78, 5) is 24.6. The minimum atomic E-state index is -0.882. The van der Waals surface area contributed by atoms with Crippen LogP contribution in [0.5, 0.6) is 0 Å². The monoisotopic (exact) mass is 1020 g/mol. The number of allylic oxidation sites excluding steroid dienone is 7. The van der Waals surface area contributed by atoms with Gasteiger partial charge in [0.2, 0.25) is 5.91 Å². The summed E-state index contributed by atoms with van der Waals surface area (Å²) >= 11 is 0. The maximum Gasteiger partial charge on any atom is 0.305 e. The van der Waals surface area contributed by atoms with Gasteiger partial charge in [-0.15, -0.1) is 0 Å². The standard InChI is InChI=1S/C67H125NO5/c1-3-5-7-9-11-13-15-17-19-21-23-24-25-26-27-28-29-30-32-35-39-43-47-51-55-59-65(70)64(63-69)68-66(71)60-56-52-48-44-40-36-34-38-42-46-50-54-58-62-73-67(72)61-57-53-49-45-41-37-33-31-22-20-18-16-14-12-10-8-6-4-2/h20,22,36,40,48,52,55,59,64-65,69-70H,3-19,21,23-35,37-39,41-47,49-51,53-54,56-58,60-63H2,1-2H3,(H,68,71)/b22-20-,40-36-,52-48-,59-55+. The second kappa shape index (κ2) is 62.4. The van der Waals surface area contributed by atoms with Gasteiger partial charge in [0.05, 0.1) is 25.4 Å². The molecule has 0 saturated carbocycles. The molecule has 428 valence electrons. The Bertz CT molecular complexity index is 1230. The van der Waals surface area contributed by atoms with Crippen LogP contribution in [0.3, 0.4) is 0 Å². The predicted molar refractivity (Wildman–Crippen MR) is 319 cm³/mol. The lowest BCUT2D eigenvalue weighted by Gasteiger charge is -2.19. The maximum absolute atomic E-state index is 12.5. The van der Waals surface area contributed by atoms with Crippen molar-refractivity contribution >= 4 is 11.9 Å². The average Bonchev–Trinajstić information content (AvgIpc) is 3.39. The highest BCUT2D eigenvalue weighted by atomic mass is 16.5. The Labute approximate surface area is 455 Å². The zero-order chi connectivity index (χ0) is 52.9. The number of rotatable bonds is 60. The topological polar surface area (TPSA) is 95.9 Å². The van der Waals surface area contributed by atoms with Gasteiger partial charge >= 0.3 is 5.97 Å². The van der Waals surface area contributed by atoms with Crippen LogP contribution in [0.1, 0.15) is 341 Å². The fourth-order valence-corrected chi connectivity index (χ4v) is 9.86. The predicted octanol–water partition coefficient (Wildman–Crippen LogP) is 20.5. The van der Waals surface area contributed by atoms with E-state index in [9.17, 15) is 19.8 Å². The lowest BCUT2D eigenvalue weighted by atomic mass is 10.0. The number of hydrogen-bond donors (Lipinski definition) is 3. The van der Waals surface area contributed by atoms with Gasteiger partial charge in [-0.1, -0.05) is 300 Å². The Kier molecular flexibility index (Phi) is 60.5. The van der Waals surface area contributed by atoms with Crippen LogP contribution in [0, 0.1) is 0 Å². The van der Waals surface area contributed by atoms with Crippen molar-refractivity contribution < 1.29 is 24.5 Å². The molecule has 0 aromatic carbocycles. The molecule has 1 amide bonds. The molecule has 0 aliphatic carbocycles. The Hall–Kier alpha value is -2.18. The first-order valence-corrected chi connectivity index (χ1v) is 32.4. The molecular weight excluding hydrogens is 899 g/mol. The van der Waals surface area contributed by atoms with Crippen LogP contribution in [0.25, 0.3) is 0 Å². The Morgan fingerprint density at radius 2 is 0.699 bits per heavy atom. The molecule has 0 radical (unpaired) electrons. The van der Waals surface area contributed by atoms with Crippen LogP contribution in [0.4, 0.5) is 0 Å². The van der Waals surface area contributed by atoms with Crippen molar-refractivity contribution in [2.45, 2.75) is 353 Å². The van der Waals surface area contributed by atoms with Crippen LogP contribution in [-0.2, 0) is 14.3 Å². The van der Waals surface area contributed by atoms with Gasteiger partial charge in [-0.3, -0.25) is 9.59 Å². The minimum absolute atomic E-state index is 0.0210. The van der Waals surface area contributed by atoms with Crippen molar-refractivity contribution in [1.29, 1.82) is 0 Å². The van der Waals surface area contributed by atoms with E-state index in [1.165, 1.54) is 257 Å². The summed E-state index contributed by atoms with van der Waals surface area (Å²) in [6.45, 7) is 4.86. The van der Waals surface area contributed by atoms with Gasteiger partial charge < -0.3 is 20.3 Å². The number of aliphatic hydroxyl groups excluding tert-OH is 2. The van der Waals surface area contributed by atoms with E-state index in [4.69, 9.17) is 4.74 Å². The van der Waals surface area contributed by atoms with Crippen LogP contribution in [0.15, 0.2) is 48.6 Å². The van der Waals surface area contributed by atoms with Gasteiger partial charge in [0.25, 0.3) is 0 Å². The molecule has 2 atom stereocenters. The highest BCUT2D eigenvalue weighted by Gasteiger charge is 2.17. The molecule has 0 fully saturated rings. The number of ether oxygens (including phenoxy) is 1. The summed E-state index contributed by atoms with van der Waals surface area (Å²) in [6.07, 6.45) is 80.3. The highest BCUT2D eigenvalue weighted by Crippen LogP contribution is 2.17. The molecule has 0 heterocycles. The molecule has 0 spiro atoms. The van der Waals surface area contributed by atoms with Gasteiger partial charge in [-0.2, -0.15) is 0 Å². The molecule has 0 rings (SSSR count). The molecule has 2 unspecified atom stereocenters. The number of aliphatic hydroxyl groups is 2. The van der Waals surface area contributed by atoms with Gasteiger partial charge in [-0.25, -0.2) is 0 Å². The lowest BCUT2D eigenvalue weighted by Crippen LogP contribution is -2.45. The molecule has 73 heavy (non-hydrogen) atoms. The largest absolute Gasteiger partial charge is 0.466 e. The molecule has 0 bridgehead atoms. The third kappa shape index (κ3) is 58.9. The fraction of sp³-hybridized carbons (Fsp3) is 0.851. The second-order valence-corrected chi connectivity index (χ2v) is 22.1. The van der Waals surface area contributed by atoms with Gasteiger partial charge in [0.15, 0.2) is 0 Å². The number of amides is 1. The summed E-state index contributed by atoms with van der Waals surface area (Å²) in [6, 6.07) is -0.674. The second-order valence-electron chi connectivity index (χ2n) is 22.1. The average molecular weight is 1020 g/mol. The molecule has 3 N–H and O–H groups in total. The van der Waals surface area contributed by atoms with E-state index in [0.717, 1.165) is 51.4 Å². The van der Waals surface area contributed by atoms with Crippen LogP contribution >= 0.6 is 0 Å².